The van der Waals surface area contributed by atoms with Gasteiger partial charge in [-0.15, -0.1) is 0 Å². The molecule has 2 aromatic rings. The minimum Gasteiger partial charge on any atom is -0.481 e. The lowest BCUT2D eigenvalue weighted by molar-refractivity contribution is -0.137. The van der Waals surface area contributed by atoms with Crippen LogP contribution in [0.25, 0.3) is 10.9 Å². The van der Waals surface area contributed by atoms with Gasteiger partial charge in [-0.3, -0.25) is 9.78 Å². The molecule has 0 saturated heterocycles. The number of halogens is 1. The number of aromatic nitrogens is 1. The Hall–Kier alpha value is -1.65. The number of carboxylic acids is 1. The van der Waals surface area contributed by atoms with Crippen LogP contribution in [0.15, 0.2) is 30.5 Å². The molecule has 5 heteroatoms. The van der Waals surface area contributed by atoms with Crippen molar-refractivity contribution in [3.8, 4) is 0 Å². The molecule has 2 N–H and O–H groups in total. The van der Waals surface area contributed by atoms with Gasteiger partial charge in [-0.25, -0.2) is 0 Å². The average molecular weight is 279 g/mol. The molecular formula is C14H15ClN2O2. The molecule has 0 aliphatic rings. The third-order valence-electron chi connectivity index (χ3n) is 2.81. The number of nitrogens with one attached hydrogen (secondary N) is 1. The molecule has 0 aliphatic heterocycles. The summed E-state index contributed by atoms with van der Waals surface area (Å²) < 4.78 is 0. The molecule has 0 aliphatic carbocycles. The van der Waals surface area contributed by atoms with Gasteiger partial charge in [0.25, 0.3) is 0 Å². The lowest BCUT2D eigenvalue weighted by atomic mass is 10.1. The predicted molar refractivity (Wildman–Crippen MR) is 75.3 cm³/mol. The van der Waals surface area contributed by atoms with E-state index in [4.69, 9.17) is 16.7 Å². The zero-order valence-electron chi connectivity index (χ0n) is 10.4. The van der Waals surface area contributed by atoms with Gasteiger partial charge in [-0.1, -0.05) is 17.7 Å². The fourth-order valence-electron chi connectivity index (χ4n) is 1.95. The highest BCUT2D eigenvalue weighted by molar-refractivity contribution is 6.31. The molecule has 1 aromatic carbocycles. The molecule has 2 rings (SSSR count). The first-order chi connectivity index (χ1) is 9.16. The van der Waals surface area contributed by atoms with E-state index in [1.54, 1.807) is 6.20 Å². The van der Waals surface area contributed by atoms with E-state index < -0.39 is 5.97 Å². The normalized spacial score (nSPS) is 10.8. The largest absolute Gasteiger partial charge is 0.481 e. The van der Waals surface area contributed by atoms with Crippen LogP contribution in [-0.2, 0) is 11.3 Å². The summed E-state index contributed by atoms with van der Waals surface area (Å²) in [5.74, 6) is -0.767. The molecule has 100 valence electrons. The monoisotopic (exact) mass is 278 g/mol. The van der Waals surface area contributed by atoms with Crippen LogP contribution in [0, 0.1) is 0 Å². The van der Waals surface area contributed by atoms with Crippen LogP contribution in [-0.4, -0.2) is 22.6 Å². The van der Waals surface area contributed by atoms with Crippen LogP contribution in [0.5, 0.6) is 0 Å². The maximum atomic E-state index is 10.4. The van der Waals surface area contributed by atoms with Crippen molar-refractivity contribution in [2.24, 2.45) is 0 Å². The van der Waals surface area contributed by atoms with Gasteiger partial charge in [0, 0.05) is 29.6 Å². The van der Waals surface area contributed by atoms with Crippen molar-refractivity contribution in [1.29, 1.82) is 0 Å². The summed E-state index contributed by atoms with van der Waals surface area (Å²) >= 11 is 6.07. The number of fused-ring (bicyclic) bond motifs is 1. The van der Waals surface area contributed by atoms with E-state index in [-0.39, 0.29) is 6.42 Å². The average Bonchev–Trinajstić information content (AvgIpc) is 2.37. The summed E-state index contributed by atoms with van der Waals surface area (Å²) in [5, 5.41) is 13.5. The Morgan fingerprint density at radius 2 is 2.26 bits per heavy atom. The molecule has 1 aromatic heterocycles. The lowest BCUT2D eigenvalue weighted by Gasteiger charge is -2.08. The second kappa shape index (κ2) is 6.50. The van der Waals surface area contributed by atoms with Crippen molar-refractivity contribution in [3.63, 3.8) is 0 Å². The van der Waals surface area contributed by atoms with Gasteiger partial charge < -0.3 is 10.4 Å². The van der Waals surface area contributed by atoms with Crippen LogP contribution in [0.4, 0.5) is 0 Å². The van der Waals surface area contributed by atoms with Crippen molar-refractivity contribution in [2.45, 2.75) is 19.4 Å². The number of pyridine rings is 1. The summed E-state index contributed by atoms with van der Waals surface area (Å²) in [6.07, 6.45) is 2.55. The van der Waals surface area contributed by atoms with Crippen LogP contribution in [0.3, 0.4) is 0 Å². The zero-order valence-corrected chi connectivity index (χ0v) is 11.2. The molecule has 0 atom stereocenters. The first-order valence-corrected chi connectivity index (χ1v) is 6.50. The fraction of sp³-hybridized carbons (Fsp3) is 0.286. The zero-order chi connectivity index (χ0) is 13.7. The van der Waals surface area contributed by atoms with Gasteiger partial charge >= 0.3 is 5.97 Å². The van der Waals surface area contributed by atoms with Crippen molar-refractivity contribution in [3.05, 3.63) is 41.0 Å². The Labute approximate surface area is 116 Å². The molecule has 0 spiro atoms. The smallest absolute Gasteiger partial charge is 0.303 e. The number of nitrogens with zero attached hydrogens (tertiary/aromatic N) is 1. The first kappa shape index (κ1) is 13.8. The quantitative estimate of drug-likeness (QED) is 0.798. The van der Waals surface area contributed by atoms with Gasteiger partial charge in [0.05, 0.1) is 5.52 Å². The van der Waals surface area contributed by atoms with Crippen LogP contribution in [0.2, 0.25) is 5.02 Å². The second-order valence-corrected chi connectivity index (χ2v) is 4.75. The molecule has 0 unspecified atom stereocenters. The van der Waals surface area contributed by atoms with E-state index in [0.717, 1.165) is 16.5 Å². The summed E-state index contributed by atoms with van der Waals surface area (Å²) in [4.78, 5) is 14.8. The van der Waals surface area contributed by atoms with Crippen molar-refractivity contribution >= 4 is 28.5 Å². The Balaban J connectivity index is 2.02. The Kier molecular flexibility index (Phi) is 4.71. The van der Waals surface area contributed by atoms with Crippen molar-refractivity contribution in [2.75, 3.05) is 6.54 Å². The standard InChI is InChI=1S/C14H15ClN2O2/c15-12-7-10-3-1-6-17-14(10)11(8-12)9-16-5-2-4-13(18)19/h1,3,6-8,16H,2,4-5,9H2,(H,18,19). The second-order valence-electron chi connectivity index (χ2n) is 4.31. The van der Waals surface area contributed by atoms with Crippen molar-refractivity contribution in [1.82, 2.24) is 10.3 Å². The van der Waals surface area contributed by atoms with E-state index in [2.05, 4.69) is 10.3 Å². The molecule has 0 amide bonds. The molecular weight excluding hydrogens is 264 g/mol. The number of aliphatic carboxylic acids is 1. The third-order valence-corrected chi connectivity index (χ3v) is 3.03. The van der Waals surface area contributed by atoms with Crippen LogP contribution >= 0.6 is 11.6 Å². The summed E-state index contributed by atoms with van der Waals surface area (Å²) in [6, 6.07) is 7.63. The third kappa shape index (κ3) is 3.91. The van der Waals surface area contributed by atoms with Gasteiger partial charge in [-0.05, 0) is 36.7 Å². The lowest BCUT2D eigenvalue weighted by Crippen LogP contribution is -2.16. The van der Waals surface area contributed by atoms with E-state index in [1.807, 2.05) is 24.3 Å². The Morgan fingerprint density at radius 1 is 1.42 bits per heavy atom. The van der Waals surface area contributed by atoms with E-state index in [9.17, 15) is 4.79 Å². The molecule has 0 bridgehead atoms. The number of carboxylic acid groups (broad SMARTS) is 1. The number of rotatable bonds is 6. The summed E-state index contributed by atoms with van der Waals surface area (Å²) in [6.45, 7) is 1.29. The molecule has 0 radical (unpaired) electrons. The highest BCUT2D eigenvalue weighted by atomic mass is 35.5. The minimum atomic E-state index is -0.767. The van der Waals surface area contributed by atoms with Crippen LogP contribution < -0.4 is 5.32 Å². The summed E-state index contributed by atoms with van der Waals surface area (Å²) in [7, 11) is 0. The maximum Gasteiger partial charge on any atom is 0.303 e. The predicted octanol–water partition coefficient (Wildman–Crippen LogP) is 2.84. The molecule has 1 heterocycles. The minimum absolute atomic E-state index is 0.182. The first-order valence-electron chi connectivity index (χ1n) is 6.12. The number of benzene rings is 1. The molecule has 0 saturated carbocycles. The fourth-order valence-corrected chi connectivity index (χ4v) is 2.20. The van der Waals surface area contributed by atoms with Gasteiger partial charge in [0.1, 0.15) is 0 Å². The van der Waals surface area contributed by atoms with Gasteiger partial charge in [0.2, 0.25) is 0 Å². The SMILES string of the molecule is O=C(O)CCCNCc1cc(Cl)cc2cccnc12. The van der Waals surface area contributed by atoms with Gasteiger partial charge in [0.15, 0.2) is 0 Å². The van der Waals surface area contributed by atoms with Crippen LogP contribution in [0.1, 0.15) is 18.4 Å². The maximum absolute atomic E-state index is 10.4. The topological polar surface area (TPSA) is 62.2 Å². The highest BCUT2D eigenvalue weighted by Crippen LogP contribution is 2.22. The highest BCUT2D eigenvalue weighted by Gasteiger charge is 2.04. The summed E-state index contributed by atoms with van der Waals surface area (Å²) in [5.41, 5.74) is 1.95. The Bertz CT molecular complexity index is 587. The molecule has 0 fully saturated rings. The number of hydrogen-bond acceptors (Lipinski definition) is 3. The molecule has 4 nitrogen and oxygen atoms in total. The van der Waals surface area contributed by atoms with Gasteiger partial charge in [-0.2, -0.15) is 0 Å². The van der Waals surface area contributed by atoms with Crippen molar-refractivity contribution < 1.29 is 9.90 Å². The molecule has 19 heavy (non-hydrogen) atoms. The van der Waals surface area contributed by atoms with E-state index >= 15 is 0 Å². The Morgan fingerprint density at radius 3 is 3.05 bits per heavy atom. The van der Waals surface area contributed by atoms with E-state index in [1.165, 1.54) is 0 Å². The van der Waals surface area contributed by atoms with E-state index in [0.29, 0.717) is 24.5 Å². The number of carbonyl (C=O) groups is 1. The number of hydrogen-bond donors (Lipinski definition) is 2.